The highest BCUT2D eigenvalue weighted by atomic mass is 16.2. The number of aliphatic hydroxyl groups excluding tert-OH is 1. The molecule has 0 radical (unpaired) electrons. The molecule has 1 fully saturated rings. The van der Waals surface area contributed by atoms with Crippen molar-refractivity contribution < 1.29 is 5.11 Å². The van der Waals surface area contributed by atoms with Gasteiger partial charge in [-0.25, -0.2) is 0 Å². The lowest BCUT2D eigenvalue weighted by molar-refractivity contribution is 0.110. The first kappa shape index (κ1) is 15.9. The van der Waals surface area contributed by atoms with Gasteiger partial charge >= 0.3 is 0 Å². The Bertz CT molecular complexity index is 231. The SMILES string of the molecule is CN(CCCCCO)CC1CCCC(C)(C)C1N. The molecule has 1 aliphatic rings. The first-order valence-electron chi connectivity index (χ1n) is 7.52. The Kier molecular flexibility index (Phi) is 6.61. The fraction of sp³-hybridized carbons (Fsp3) is 1.00. The predicted octanol–water partition coefficient (Wildman–Crippen LogP) is 2.23. The van der Waals surface area contributed by atoms with Gasteiger partial charge in [-0.15, -0.1) is 0 Å². The van der Waals surface area contributed by atoms with E-state index in [1.165, 1.54) is 25.7 Å². The molecule has 3 N–H and O–H groups in total. The molecule has 0 bridgehead atoms. The van der Waals surface area contributed by atoms with Crippen molar-refractivity contribution in [2.45, 2.75) is 58.4 Å². The highest BCUT2D eigenvalue weighted by Gasteiger charge is 2.36. The van der Waals surface area contributed by atoms with Crippen LogP contribution in [0.25, 0.3) is 0 Å². The summed E-state index contributed by atoms with van der Waals surface area (Å²) in [6, 6.07) is 0.339. The first-order chi connectivity index (χ1) is 8.47. The van der Waals surface area contributed by atoms with Crippen LogP contribution >= 0.6 is 0 Å². The van der Waals surface area contributed by atoms with Crippen molar-refractivity contribution in [3.05, 3.63) is 0 Å². The molecule has 0 aromatic carbocycles. The molecular weight excluding hydrogens is 224 g/mol. The fourth-order valence-electron chi connectivity index (χ4n) is 3.17. The third-order valence-corrected chi connectivity index (χ3v) is 4.55. The van der Waals surface area contributed by atoms with E-state index < -0.39 is 0 Å². The molecule has 18 heavy (non-hydrogen) atoms. The Morgan fingerprint density at radius 1 is 1.28 bits per heavy atom. The molecule has 1 aliphatic carbocycles. The standard InChI is InChI=1S/C15H32N2O/c1-15(2)9-7-8-13(14(15)16)12-17(3)10-5-4-6-11-18/h13-14,18H,4-12,16H2,1-3H3. The van der Waals surface area contributed by atoms with E-state index in [0.717, 1.165) is 25.9 Å². The molecule has 1 rings (SSSR count). The van der Waals surface area contributed by atoms with Crippen LogP contribution in [0.1, 0.15) is 52.4 Å². The van der Waals surface area contributed by atoms with Gasteiger partial charge in [-0.2, -0.15) is 0 Å². The molecule has 0 heterocycles. The van der Waals surface area contributed by atoms with Crippen molar-refractivity contribution in [3.63, 3.8) is 0 Å². The Morgan fingerprint density at radius 2 is 2.00 bits per heavy atom. The maximum Gasteiger partial charge on any atom is 0.0431 e. The molecule has 0 aromatic rings. The van der Waals surface area contributed by atoms with Crippen molar-refractivity contribution >= 4 is 0 Å². The largest absolute Gasteiger partial charge is 0.396 e. The van der Waals surface area contributed by atoms with Crippen molar-refractivity contribution in [1.82, 2.24) is 4.90 Å². The Morgan fingerprint density at radius 3 is 2.67 bits per heavy atom. The van der Waals surface area contributed by atoms with Crippen LogP contribution in [-0.4, -0.2) is 42.8 Å². The molecule has 3 nitrogen and oxygen atoms in total. The highest BCUT2D eigenvalue weighted by Crippen LogP contribution is 2.37. The van der Waals surface area contributed by atoms with Crippen molar-refractivity contribution in [1.29, 1.82) is 0 Å². The van der Waals surface area contributed by atoms with Gasteiger partial charge in [0.25, 0.3) is 0 Å². The highest BCUT2D eigenvalue weighted by molar-refractivity contribution is 4.92. The lowest BCUT2D eigenvalue weighted by Gasteiger charge is -2.43. The van der Waals surface area contributed by atoms with Crippen molar-refractivity contribution in [2.24, 2.45) is 17.1 Å². The number of unbranched alkanes of at least 4 members (excludes halogenated alkanes) is 2. The quantitative estimate of drug-likeness (QED) is 0.687. The second-order valence-corrected chi connectivity index (χ2v) is 6.71. The minimum absolute atomic E-state index is 0.306. The summed E-state index contributed by atoms with van der Waals surface area (Å²) in [6.45, 7) is 7.20. The summed E-state index contributed by atoms with van der Waals surface area (Å²) in [5.41, 5.74) is 6.73. The van der Waals surface area contributed by atoms with E-state index in [1.807, 2.05) is 0 Å². The average molecular weight is 256 g/mol. The third kappa shape index (κ3) is 4.87. The lowest BCUT2D eigenvalue weighted by atomic mass is 9.68. The van der Waals surface area contributed by atoms with Crippen LogP contribution in [0.2, 0.25) is 0 Å². The number of hydrogen-bond acceptors (Lipinski definition) is 3. The van der Waals surface area contributed by atoms with Gasteiger partial charge in [-0.1, -0.05) is 20.3 Å². The summed E-state index contributed by atoms with van der Waals surface area (Å²) in [4.78, 5) is 2.42. The van der Waals surface area contributed by atoms with E-state index in [0.29, 0.717) is 24.0 Å². The van der Waals surface area contributed by atoms with E-state index in [1.54, 1.807) is 0 Å². The van der Waals surface area contributed by atoms with E-state index in [2.05, 4.69) is 25.8 Å². The Balaban J connectivity index is 2.28. The van der Waals surface area contributed by atoms with Gasteiger partial charge in [0.05, 0.1) is 0 Å². The molecule has 2 unspecified atom stereocenters. The van der Waals surface area contributed by atoms with Crippen molar-refractivity contribution in [3.8, 4) is 0 Å². The summed E-state index contributed by atoms with van der Waals surface area (Å²) < 4.78 is 0. The normalized spacial score (nSPS) is 27.7. The second kappa shape index (κ2) is 7.46. The summed E-state index contributed by atoms with van der Waals surface area (Å²) in [5, 5.41) is 8.75. The van der Waals surface area contributed by atoms with Crippen LogP contribution in [0, 0.1) is 11.3 Å². The van der Waals surface area contributed by atoms with E-state index in [4.69, 9.17) is 10.8 Å². The molecule has 0 amide bonds. The maximum atomic E-state index is 8.75. The Hall–Kier alpha value is -0.120. The fourth-order valence-corrected chi connectivity index (χ4v) is 3.17. The number of rotatable bonds is 7. The average Bonchev–Trinajstić information content (AvgIpc) is 2.31. The van der Waals surface area contributed by atoms with Crippen LogP contribution in [-0.2, 0) is 0 Å². The van der Waals surface area contributed by atoms with Crippen LogP contribution in [0.3, 0.4) is 0 Å². The molecule has 0 aromatic heterocycles. The molecular formula is C15H32N2O. The molecule has 1 saturated carbocycles. The van der Waals surface area contributed by atoms with E-state index in [-0.39, 0.29) is 0 Å². The number of hydrogen-bond donors (Lipinski definition) is 2. The topological polar surface area (TPSA) is 49.5 Å². The zero-order chi connectivity index (χ0) is 13.6. The summed E-state index contributed by atoms with van der Waals surface area (Å²) in [7, 11) is 2.20. The van der Waals surface area contributed by atoms with Crippen molar-refractivity contribution in [2.75, 3.05) is 26.7 Å². The van der Waals surface area contributed by atoms with E-state index >= 15 is 0 Å². The van der Waals surface area contributed by atoms with Gasteiger partial charge in [-0.3, -0.25) is 0 Å². The van der Waals surface area contributed by atoms with Crippen LogP contribution in [0.4, 0.5) is 0 Å². The van der Waals surface area contributed by atoms with Gasteiger partial charge in [0.15, 0.2) is 0 Å². The molecule has 0 spiro atoms. The first-order valence-corrected chi connectivity index (χ1v) is 7.52. The molecule has 108 valence electrons. The summed E-state index contributed by atoms with van der Waals surface area (Å²) in [6.07, 6.45) is 7.12. The van der Waals surface area contributed by atoms with Crippen LogP contribution < -0.4 is 5.73 Å². The summed E-state index contributed by atoms with van der Waals surface area (Å²) in [5.74, 6) is 0.650. The maximum absolute atomic E-state index is 8.75. The smallest absolute Gasteiger partial charge is 0.0431 e. The lowest BCUT2D eigenvalue weighted by Crippen LogP contribution is -2.49. The van der Waals surface area contributed by atoms with Crippen LogP contribution in [0.15, 0.2) is 0 Å². The number of nitrogens with two attached hydrogens (primary N) is 1. The van der Waals surface area contributed by atoms with Gasteiger partial charge < -0.3 is 15.7 Å². The minimum atomic E-state index is 0.306. The van der Waals surface area contributed by atoms with E-state index in [9.17, 15) is 0 Å². The van der Waals surface area contributed by atoms with Gasteiger partial charge in [0, 0.05) is 19.2 Å². The number of aliphatic hydroxyl groups is 1. The molecule has 0 aliphatic heterocycles. The van der Waals surface area contributed by atoms with Crippen LogP contribution in [0.5, 0.6) is 0 Å². The molecule has 3 heteroatoms. The van der Waals surface area contributed by atoms with Gasteiger partial charge in [0.2, 0.25) is 0 Å². The minimum Gasteiger partial charge on any atom is -0.396 e. The second-order valence-electron chi connectivity index (χ2n) is 6.71. The summed E-state index contributed by atoms with van der Waals surface area (Å²) >= 11 is 0. The zero-order valence-corrected chi connectivity index (χ0v) is 12.5. The monoisotopic (exact) mass is 256 g/mol. The molecule has 2 atom stereocenters. The third-order valence-electron chi connectivity index (χ3n) is 4.55. The molecule has 0 saturated heterocycles. The van der Waals surface area contributed by atoms with Gasteiger partial charge in [0.1, 0.15) is 0 Å². The number of nitrogens with zero attached hydrogens (tertiary/aromatic N) is 1. The van der Waals surface area contributed by atoms with Gasteiger partial charge in [-0.05, 0) is 57.0 Å². The zero-order valence-electron chi connectivity index (χ0n) is 12.5. The Labute approximate surface area is 113 Å². The predicted molar refractivity (Wildman–Crippen MR) is 77.5 cm³/mol.